The summed E-state index contributed by atoms with van der Waals surface area (Å²) in [7, 11) is 0. The van der Waals surface area contributed by atoms with Gasteiger partial charge < -0.3 is 15.6 Å². The molecule has 4 N–H and O–H groups in total. The number of H-pyrrole nitrogens is 1. The molecule has 2 aromatic carbocycles. The number of pyridine rings is 2. The van der Waals surface area contributed by atoms with Crippen LogP contribution in [-0.2, 0) is 11.3 Å². The van der Waals surface area contributed by atoms with E-state index >= 15 is 0 Å². The lowest BCUT2D eigenvalue weighted by atomic mass is 9.96. The second-order valence-corrected chi connectivity index (χ2v) is 9.47. The molecule has 0 atom stereocenters. The number of aliphatic carboxylic acids is 1. The Morgan fingerprint density at radius 1 is 0.976 bits per heavy atom. The lowest BCUT2D eigenvalue weighted by molar-refractivity contribution is -0.386. The summed E-state index contributed by atoms with van der Waals surface area (Å²) in [5, 5.41) is 17.1. The van der Waals surface area contributed by atoms with Gasteiger partial charge in [0.2, 0.25) is 5.82 Å². The third kappa shape index (κ3) is 6.10. The average Bonchev–Trinajstić information content (AvgIpc) is 3.69. The summed E-state index contributed by atoms with van der Waals surface area (Å²) < 4.78 is 31.5. The minimum atomic E-state index is -5.19. The molecule has 9 nitrogen and oxygen atoms in total. The van der Waals surface area contributed by atoms with Gasteiger partial charge in [0.05, 0.1) is 28.1 Å². The smallest absolute Gasteiger partial charge is 0.430 e. The van der Waals surface area contributed by atoms with Crippen LogP contribution in [0.15, 0.2) is 84.6 Å². The first-order valence-electron chi connectivity index (χ1n) is 12.1. The van der Waals surface area contributed by atoms with Gasteiger partial charge in [-0.15, -0.1) is 11.3 Å². The third-order valence-corrected chi connectivity index (χ3v) is 6.72. The number of aromatic nitrogens is 6. The van der Waals surface area contributed by atoms with Gasteiger partial charge in [-0.1, -0.05) is 54.6 Å². The molecule has 0 radical (unpaired) electrons. The third-order valence-electron chi connectivity index (χ3n) is 5.94. The molecule has 0 unspecified atom stereocenters. The van der Waals surface area contributed by atoms with E-state index in [0.29, 0.717) is 17.3 Å². The Kier molecular flexibility index (Phi) is 7.81. The lowest BCUT2D eigenvalue weighted by Gasteiger charge is -2.13. The maximum Gasteiger partial charge on any atom is 0.430 e. The predicted octanol–water partition coefficient (Wildman–Crippen LogP) is 3.91. The fraction of sp³-hybridized carbons (Fsp3) is 0.0714. The Hall–Kier alpha value is -5.01. The van der Waals surface area contributed by atoms with Crippen LogP contribution in [0.4, 0.5) is 13.2 Å². The summed E-state index contributed by atoms with van der Waals surface area (Å²) in [6.45, 7) is 0.756. The molecular weight excluding hydrogens is 555 g/mol. The number of quaternary nitrogens is 1. The fourth-order valence-electron chi connectivity index (χ4n) is 3.97. The van der Waals surface area contributed by atoms with E-state index in [9.17, 15) is 13.2 Å². The molecule has 41 heavy (non-hydrogen) atoms. The maximum atomic E-state index is 10.5. The van der Waals surface area contributed by atoms with Gasteiger partial charge in [-0.3, -0.25) is 15.1 Å². The zero-order valence-electron chi connectivity index (χ0n) is 21.1. The highest BCUT2D eigenvalue weighted by Gasteiger charge is 2.28. The maximum absolute atomic E-state index is 10.5. The van der Waals surface area contributed by atoms with E-state index in [-0.39, 0.29) is 0 Å². The number of nitrogens with zero attached hydrogens (tertiary/aromatic N) is 5. The van der Waals surface area contributed by atoms with Crippen LogP contribution >= 0.6 is 11.3 Å². The number of hydrogen-bond donors (Lipinski definition) is 2. The molecule has 0 saturated carbocycles. The van der Waals surface area contributed by atoms with Crippen LogP contribution in [0, 0.1) is 0 Å². The molecular formula is C28H20F3N7O2S. The molecule has 0 amide bonds. The van der Waals surface area contributed by atoms with Crippen LogP contribution < -0.4 is 10.8 Å². The van der Waals surface area contributed by atoms with Gasteiger partial charge in [0.25, 0.3) is 0 Å². The SMILES string of the molecule is O=C([O-])C(F)(F)F.[NH3+]Cc1ccc(-c2nc3ccnc(-c4n[nH]c(-c5cncs5)n4)c3cc2-c2ccccc2)cc1. The Labute approximate surface area is 234 Å². The predicted molar refractivity (Wildman–Crippen MR) is 145 cm³/mol. The largest absolute Gasteiger partial charge is 0.542 e. The van der Waals surface area contributed by atoms with E-state index in [1.54, 1.807) is 17.9 Å². The van der Waals surface area contributed by atoms with E-state index in [0.717, 1.165) is 44.7 Å². The lowest BCUT2D eigenvalue weighted by Crippen LogP contribution is -2.47. The number of rotatable bonds is 5. The summed E-state index contributed by atoms with van der Waals surface area (Å²) in [4.78, 5) is 28.2. The van der Waals surface area contributed by atoms with Crippen molar-refractivity contribution < 1.29 is 28.8 Å². The second-order valence-electron chi connectivity index (χ2n) is 8.58. The zero-order chi connectivity index (χ0) is 29.0. The van der Waals surface area contributed by atoms with Gasteiger partial charge >= 0.3 is 6.18 Å². The summed E-state index contributed by atoms with van der Waals surface area (Å²) in [6.07, 6.45) is -1.67. The van der Waals surface area contributed by atoms with Gasteiger partial charge in [-0.25, -0.2) is 9.97 Å². The number of halogens is 3. The minimum absolute atomic E-state index is 0.530. The van der Waals surface area contributed by atoms with Gasteiger partial charge in [-0.2, -0.15) is 18.3 Å². The number of hydrogen-bond acceptors (Lipinski definition) is 8. The van der Waals surface area contributed by atoms with Crippen LogP contribution in [0.5, 0.6) is 0 Å². The fourth-order valence-corrected chi connectivity index (χ4v) is 4.53. The number of carboxylic acid groups (broad SMARTS) is 1. The summed E-state index contributed by atoms with van der Waals surface area (Å²) in [6, 6.07) is 22.8. The number of carbonyl (C=O) groups is 1. The van der Waals surface area contributed by atoms with Crippen LogP contribution in [0.1, 0.15) is 5.56 Å². The zero-order valence-corrected chi connectivity index (χ0v) is 21.9. The second kappa shape index (κ2) is 11.6. The standard InChI is InChI=1S/C26H19N7S.C2HF3O2/c27-13-16-6-8-18(9-7-16)23-19(17-4-2-1-3-5-17)12-20-21(30-23)10-11-29-24(20)26-31-25(32-33-26)22-14-28-15-34-22;3-2(4,5)1(6)7/h1-12,14-15H,13,27H2,(H,31,32,33);(H,6,7). The number of carbonyl (C=O) groups excluding carboxylic acids is 1. The first kappa shape index (κ1) is 27.6. The number of nitrogens with one attached hydrogen (secondary N) is 1. The first-order chi connectivity index (χ1) is 19.7. The van der Waals surface area contributed by atoms with Crippen molar-refractivity contribution in [3.05, 3.63) is 90.2 Å². The van der Waals surface area contributed by atoms with Crippen LogP contribution in [0.2, 0.25) is 0 Å². The number of benzene rings is 2. The van der Waals surface area contributed by atoms with Crippen molar-refractivity contribution in [2.45, 2.75) is 12.7 Å². The van der Waals surface area contributed by atoms with Gasteiger partial charge in [0.1, 0.15) is 11.7 Å². The monoisotopic (exact) mass is 575 g/mol. The molecule has 6 rings (SSSR count). The molecule has 0 saturated heterocycles. The quantitative estimate of drug-likeness (QED) is 0.317. The topological polar surface area (TPSA) is 148 Å². The van der Waals surface area contributed by atoms with Crippen LogP contribution in [0.25, 0.3) is 55.5 Å². The number of aromatic amines is 1. The normalized spacial score (nSPS) is 11.2. The minimum Gasteiger partial charge on any atom is -0.542 e. The Bertz CT molecular complexity index is 1790. The van der Waals surface area contributed by atoms with Crippen molar-refractivity contribution in [2.75, 3.05) is 0 Å². The highest BCUT2D eigenvalue weighted by molar-refractivity contribution is 7.13. The van der Waals surface area contributed by atoms with Crippen molar-refractivity contribution in [1.29, 1.82) is 0 Å². The summed E-state index contributed by atoms with van der Waals surface area (Å²) in [5.74, 6) is -1.80. The molecule has 6 aromatic rings. The molecule has 4 heterocycles. The average molecular weight is 576 g/mol. The van der Waals surface area contributed by atoms with Crippen molar-refractivity contribution in [2.24, 2.45) is 0 Å². The first-order valence-corrected chi connectivity index (χ1v) is 13.0. The molecule has 13 heteroatoms. The Morgan fingerprint density at radius 2 is 1.71 bits per heavy atom. The summed E-state index contributed by atoms with van der Waals surface area (Å²) in [5.41, 5.74) is 12.6. The molecule has 0 aliphatic heterocycles. The van der Waals surface area contributed by atoms with Crippen molar-refractivity contribution in [3.8, 4) is 44.6 Å². The Balaban J connectivity index is 0.000000431. The number of carboxylic acids is 1. The van der Waals surface area contributed by atoms with E-state index in [2.05, 4.69) is 73.3 Å². The number of thiazole rings is 1. The van der Waals surface area contributed by atoms with Crippen molar-refractivity contribution in [3.63, 3.8) is 0 Å². The van der Waals surface area contributed by atoms with E-state index in [4.69, 9.17) is 14.9 Å². The molecule has 0 aliphatic carbocycles. The Morgan fingerprint density at radius 3 is 2.34 bits per heavy atom. The highest BCUT2D eigenvalue weighted by Crippen LogP contribution is 2.36. The molecule has 0 spiro atoms. The molecule has 0 bridgehead atoms. The molecule has 4 aromatic heterocycles. The summed E-state index contributed by atoms with van der Waals surface area (Å²) >= 11 is 1.51. The van der Waals surface area contributed by atoms with Crippen molar-refractivity contribution >= 4 is 28.2 Å². The van der Waals surface area contributed by atoms with Crippen LogP contribution in [-0.4, -0.2) is 42.3 Å². The molecule has 0 aliphatic rings. The molecule has 206 valence electrons. The highest BCUT2D eigenvalue weighted by atomic mass is 32.1. The number of fused-ring (bicyclic) bond motifs is 1. The van der Waals surface area contributed by atoms with Gasteiger partial charge in [0.15, 0.2) is 5.82 Å². The number of alkyl halides is 3. The van der Waals surface area contributed by atoms with E-state index < -0.39 is 12.1 Å². The van der Waals surface area contributed by atoms with Gasteiger partial charge in [-0.05, 0) is 17.7 Å². The van der Waals surface area contributed by atoms with E-state index in [1.165, 1.54) is 16.9 Å². The van der Waals surface area contributed by atoms with Crippen LogP contribution in [0.3, 0.4) is 0 Å². The van der Waals surface area contributed by atoms with E-state index in [1.807, 2.05) is 24.3 Å². The van der Waals surface area contributed by atoms with Crippen molar-refractivity contribution in [1.82, 2.24) is 30.1 Å². The molecule has 0 fully saturated rings. The van der Waals surface area contributed by atoms with Gasteiger partial charge in [0, 0.05) is 34.5 Å².